The van der Waals surface area contributed by atoms with Crippen LogP contribution in [0.25, 0.3) is 22.2 Å². The molecule has 8 nitrogen and oxygen atoms in total. The SMILES string of the molecule is N#Cc1cc(-c2cn(C3CCCC3)c3ncnc(N)c23)ccc1NC(=O)O. The zero-order valence-corrected chi connectivity index (χ0v) is 14.5. The number of benzene rings is 1. The van der Waals surface area contributed by atoms with E-state index in [9.17, 15) is 10.1 Å². The highest BCUT2D eigenvalue weighted by atomic mass is 16.4. The number of carboxylic acid groups (broad SMARTS) is 1. The third-order valence-electron chi connectivity index (χ3n) is 5.05. The first-order valence-corrected chi connectivity index (χ1v) is 8.74. The summed E-state index contributed by atoms with van der Waals surface area (Å²) in [7, 11) is 0. The highest BCUT2D eigenvalue weighted by molar-refractivity contribution is 6.01. The van der Waals surface area contributed by atoms with E-state index in [0.29, 0.717) is 11.9 Å². The summed E-state index contributed by atoms with van der Waals surface area (Å²) in [6, 6.07) is 7.43. The Labute approximate surface area is 155 Å². The second-order valence-electron chi connectivity index (χ2n) is 6.65. The molecule has 3 aromatic rings. The average Bonchev–Trinajstić information content (AvgIpc) is 3.29. The Kier molecular flexibility index (Phi) is 4.12. The number of fused-ring (bicyclic) bond motifs is 1. The molecule has 27 heavy (non-hydrogen) atoms. The fraction of sp³-hybridized carbons (Fsp3) is 0.263. The van der Waals surface area contributed by atoms with Crippen LogP contribution in [0.1, 0.15) is 37.3 Å². The molecular weight excluding hydrogens is 344 g/mol. The van der Waals surface area contributed by atoms with Crippen LogP contribution < -0.4 is 11.1 Å². The average molecular weight is 362 g/mol. The topological polar surface area (TPSA) is 130 Å². The van der Waals surface area contributed by atoms with E-state index in [1.165, 1.54) is 19.2 Å². The molecule has 1 aliphatic rings. The smallest absolute Gasteiger partial charge is 0.409 e. The van der Waals surface area contributed by atoms with Crippen molar-refractivity contribution in [2.45, 2.75) is 31.7 Å². The van der Waals surface area contributed by atoms with E-state index in [1.807, 2.05) is 12.3 Å². The van der Waals surface area contributed by atoms with Crippen LogP contribution in [0, 0.1) is 11.3 Å². The number of hydrogen-bond acceptors (Lipinski definition) is 5. The van der Waals surface area contributed by atoms with Crippen molar-refractivity contribution in [2.24, 2.45) is 0 Å². The maximum Gasteiger partial charge on any atom is 0.409 e. The number of hydrogen-bond donors (Lipinski definition) is 3. The minimum absolute atomic E-state index is 0.243. The van der Waals surface area contributed by atoms with E-state index in [4.69, 9.17) is 10.8 Å². The number of rotatable bonds is 3. The van der Waals surface area contributed by atoms with Gasteiger partial charge in [0.05, 0.1) is 16.6 Å². The summed E-state index contributed by atoms with van der Waals surface area (Å²) in [6.07, 6.45) is 6.84. The quantitative estimate of drug-likeness (QED) is 0.650. The van der Waals surface area contributed by atoms with Crippen LogP contribution in [0.15, 0.2) is 30.7 Å². The van der Waals surface area contributed by atoms with Gasteiger partial charge in [-0.2, -0.15) is 5.26 Å². The number of nitrogens with one attached hydrogen (secondary N) is 1. The largest absolute Gasteiger partial charge is 0.465 e. The van der Waals surface area contributed by atoms with E-state index in [1.54, 1.807) is 18.2 Å². The third kappa shape index (κ3) is 2.93. The van der Waals surface area contributed by atoms with E-state index in [2.05, 4.69) is 19.9 Å². The summed E-state index contributed by atoms with van der Waals surface area (Å²) in [4.78, 5) is 19.5. The molecule has 0 radical (unpaired) electrons. The number of nitrogen functional groups attached to an aromatic ring is 1. The van der Waals surface area contributed by atoms with Gasteiger partial charge in [-0.1, -0.05) is 18.9 Å². The van der Waals surface area contributed by atoms with Crippen LogP contribution >= 0.6 is 0 Å². The van der Waals surface area contributed by atoms with Crippen molar-refractivity contribution in [1.82, 2.24) is 14.5 Å². The van der Waals surface area contributed by atoms with Gasteiger partial charge in [0.15, 0.2) is 0 Å². The number of aromatic nitrogens is 3. The zero-order valence-electron chi connectivity index (χ0n) is 14.5. The van der Waals surface area contributed by atoms with Crippen molar-refractivity contribution < 1.29 is 9.90 Å². The molecule has 4 N–H and O–H groups in total. The molecule has 0 atom stereocenters. The Hall–Kier alpha value is -3.60. The van der Waals surface area contributed by atoms with Gasteiger partial charge >= 0.3 is 6.09 Å². The molecular formula is C19H18N6O2. The molecule has 8 heteroatoms. The molecule has 0 saturated heterocycles. The van der Waals surface area contributed by atoms with Crippen molar-refractivity contribution in [3.05, 3.63) is 36.3 Å². The summed E-state index contributed by atoms with van der Waals surface area (Å²) in [5, 5.41) is 21.3. The predicted molar refractivity (Wildman–Crippen MR) is 101 cm³/mol. The Balaban J connectivity index is 1.89. The van der Waals surface area contributed by atoms with Gasteiger partial charge in [-0.15, -0.1) is 0 Å². The van der Waals surface area contributed by atoms with Gasteiger partial charge in [-0.3, -0.25) is 5.32 Å². The first-order valence-electron chi connectivity index (χ1n) is 8.74. The monoisotopic (exact) mass is 362 g/mol. The van der Waals surface area contributed by atoms with E-state index in [-0.39, 0.29) is 11.3 Å². The highest BCUT2D eigenvalue weighted by Crippen LogP contribution is 2.39. The first kappa shape index (κ1) is 16.8. The van der Waals surface area contributed by atoms with Crippen molar-refractivity contribution in [1.29, 1.82) is 5.26 Å². The molecule has 0 bridgehead atoms. The number of nitrogens with two attached hydrogens (primary N) is 1. The second kappa shape index (κ2) is 6.61. The van der Waals surface area contributed by atoms with Crippen molar-refractivity contribution in [3.8, 4) is 17.2 Å². The van der Waals surface area contributed by atoms with Crippen LogP contribution in [0.3, 0.4) is 0 Å². The fourth-order valence-electron chi connectivity index (χ4n) is 3.82. The Morgan fingerprint density at radius 1 is 1.33 bits per heavy atom. The molecule has 4 rings (SSSR count). The lowest BCUT2D eigenvalue weighted by Gasteiger charge is -2.12. The summed E-state index contributed by atoms with van der Waals surface area (Å²) in [5.41, 5.74) is 9.04. The van der Waals surface area contributed by atoms with E-state index in [0.717, 1.165) is 35.0 Å². The Morgan fingerprint density at radius 3 is 2.81 bits per heavy atom. The number of amides is 1. The summed E-state index contributed by atoms with van der Waals surface area (Å²) < 4.78 is 2.16. The van der Waals surface area contributed by atoms with Crippen LogP contribution in [0.2, 0.25) is 0 Å². The molecule has 1 fully saturated rings. The second-order valence-corrected chi connectivity index (χ2v) is 6.65. The normalized spacial score (nSPS) is 14.3. The van der Waals surface area contributed by atoms with Gasteiger partial charge in [0.25, 0.3) is 0 Å². The fourth-order valence-corrected chi connectivity index (χ4v) is 3.82. The Morgan fingerprint density at radius 2 is 2.11 bits per heavy atom. The molecule has 2 heterocycles. The molecule has 1 aliphatic carbocycles. The molecule has 0 spiro atoms. The summed E-state index contributed by atoms with van der Waals surface area (Å²) >= 11 is 0. The number of nitriles is 1. The van der Waals surface area contributed by atoms with E-state index < -0.39 is 6.09 Å². The number of anilines is 2. The van der Waals surface area contributed by atoms with Gasteiger partial charge in [-0.05, 0) is 30.5 Å². The van der Waals surface area contributed by atoms with Gasteiger partial charge in [0.2, 0.25) is 0 Å². The molecule has 0 aliphatic heterocycles. The number of nitrogens with zero attached hydrogens (tertiary/aromatic N) is 4. The first-order chi connectivity index (χ1) is 13.1. The lowest BCUT2D eigenvalue weighted by atomic mass is 10.0. The van der Waals surface area contributed by atoms with Crippen LogP contribution in [-0.2, 0) is 0 Å². The number of carbonyl (C=O) groups is 1. The van der Waals surface area contributed by atoms with Crippen LogP contribution in [-0.4, -0.2) is 25.7 Å². The van der Waals surface area contributed by atoms with Crippen molar-refractivity contribution in [3.63, 3.8) is 0 Å². The molecule has 136 valence electrons. The van der Waals surface area contributed by atoms with E-state index >= 15 is 0 Å². The summed E-state index contributed by atoms with van der Waals surface area (Å²) in [6.45, 7) is 0. The lowest BCUT2D eigenvalue weighted by Crippen LogP contribution is -2.08. The third-order valence-corrected chi connectivity index (χ3v) is 5.05. The standard InChI is InChI=1S/C19H18N6O2/c20-8-12-7-11(5-6-15(12)24-19(26)27)14-9-25(13-3-1-2-4-13)18-16(14)17(21)22-10-23-18/h5-7,9-10,13,24H,1-4H2,(H,26,27)(H2,21,22,23). The molecule has 1 amide bonds. The van der Waals surface area contributed by atoms with Crippen molar-refractivity contribution in [2.75, 3.05) is 11.1 Å². The van der Waals surface area contributed by atoms with Crippen molar-refractivity contribution >= 4 is 28.6 Å². The van der Waals surface area contributed by atoms with Crippen LogP contribution in [0.5, 0.6) is 0 Å². The van der Waals surface area contributed by atoms with Gasteiger partial charge in [0, 0.05) is 17.8 Å². The maximum absolute atomic E-state index is 10.9. The maximum atomic E-state index is 10.9. The van der Waals surface area contributed by atoms with Gasteiger partial charge in [-0.25, -0.2) is 14.8 Å². The predicted octanol–water partition coefficient (Wildman–Crippen LogP) is 3.76. The minimum Gasteiger partial charge on any atom is -0.465 e. The molecule has 1 aromatic carbocycles. The minimum atomic E-state index is -1.21. The zero-order chi connectivity index (χ0) is 19.0. The highest BCUT2D eigenvalue weighted by Gasteiger charge is 2.23. The molecule has 2 aromatic heterocycles. The summed E-state index contributed by atoms with van der Waals surface area (Å²) in [5.74, 6) is 0.387. The van der Waals surface area contributed by atoms with Crippen LogP contribution in [0.4, 0.5) is 16.3 Å². The lowest BCUT2D eigenvalue weighted by molar-refractivity contribution is 0.209. The Bertz CT molecular complexity index is 1080. The molecule has 1 saturated carbocycles. The van der Waals surface area contributed by atoms with Gasteiger partial charge < -0.3 is 15.4 Å². The molecule has 0 unspecified atom stereocenters. The van der Waals surface area contributed by atoms with Gasteiger partial charge in [0.1, 0.15) is 23.9 Å².